The number of likely N-dealkylation sites (tertiary alicyclic amines) is 1. The van der Waals surface area contributed by atoms with Gasteiger partial charge in [-0.2, -0.15) is 0 Å². The second-order valence-corrected chi connectivity index (χ2v) is 5.26. The Balaban J connectivity index is 2.03. The standard InChI is InChI=1S/C13H15ClN4O/c1-9-2-3-11(12(14)4-9)8-18-7-10(5-13(18)19)6-16-17-15/h2-4,10H,5-8H2,1H3. The van der Waals surface area contributed by atoms with Gasteiger partial charge < -0.3 is 4.90 Å². The fourth-order valence-corrected chi connectivity index (χ4v) is 2.56. The Hall–Kier alpha value is -1.71. The fourth-order valence-electron chi connectivity index (χ4n) is 2.27. The average Bonchev–Trinajstić information content (AvgIpc) is 2.71. The van der Waals surface area contributed by atoms with Crippen molar-refractivity contribution in [2.45, 2.75) is 19.9 Å². The van der Waals surface area contributed by atoms with Crippen molar-refractivity contribution in [2.24, 2.45) is 11.0 Å². The Morgan fingerprint density at radius 2 is 2.37 bits per heavy atom. The molecule has 1 aromatic rings. The second-order valence-electron chi connectivity index (χ2n) is 4.85. The zero-order valence-corrected chi connectivity index (χ0v) is 11.5. The largest absolute Gasteiger partial charge is 0.338 e. The number of rotatable bonds is 4. The molecule has 100 valence electrons. The second kappa shape index (κ2) is 5.95. The number of azide groups is 1. The van der Waals surface area contributed by atoms with Gasteiger partial charge in [-0.25, -0.2) is 0 Å². The van der Waals surface area contributed by atoms with Crippen molar-refractivity contribution >= 4 is 17.5 Å². The predicted octanol–water partition coefficient (Wildman–Crippen LogP) is 3.31. The van der Waals surface area contributed by atoms with E-state index in [2.05, 4.69) is 10.0 Å². The quantitative estimate of drug-likeness (QED) is 0.473. The number of nitrogens with zero attached hydrogens (tertiary/aromatic N) is 4. The van der Waals surface area contributed by atoms with E-state index in [4.69, 9.17) is 17.1 Å². The summed E-state index contributed by atoms with van der Waals surface area (Å²) >= 11 is 6.17. The van der Waals surface area contributed by atoms with Gasteiger partial charge in [0.15, 0.2) is 0 Å². The minimum Gasteiger partial charge on any atom is -0.338 e. The Morgan fingerprint density at radius 3 is 3.05 bits per heavy atom. The number of benzene rings is 1. The molecule has 1 aliphatic heterocycles. The van der Waals surface area contributed by atoms with Crippen LogP contribution in [0.5, 0.6) is 0 Å². The number of aryl methyl sites for hydroxylation is 1. The number of halogens is 1. The van der Waals surface area contributed by atoms with Gasteiger partial charge in [-0.1, -0.05) is 28.8 Å². The van der Waals surface area contributed by atoms with Crippen molar-refractivity contribution in [3.63, 3.8) is 0 Å². The van der Waals surface area contributed by atoms with Crippen molar-refractivity contribution in [1.82, 2.24) is 4.90 Å². The first kappa shape index (κ1) is 13.7. The molecule has 0 radical (unpaired) electrons. The molecule has 6 heteroatoms. The molecule has 5 nitrogen and oxygen atoms in total. The van der Waals surface area contributed by atoms with Crippen molar-refractivity contribution in [1.29, 1.82) is 0 Å². The van der Waals surface area contributed by atoms with E-state index in [1.807, 2.05) is 25.1 Å². The monoisotopic (exact) mass is 278 g/mol. The molecule has 0 aliphatic carbocycles. The van der Waals surface area contributed by atoms with Crippen LogP contribution in [0.3, 0.4) is 0 Å². The third-order valence-electron chi connectivity index (χ3n) is 3.27. The first-order valence-corrected chi connectivity index (χ1v) is 6.51. The van der Waals surface area contributed by atoms with Crippen molar-refractivity contribution in [3.8, 4) is 0 Å². The summed E-state index contributed by atoms with van der Waals surface area (Å²) < 4.78 is 0. The molecule has 0 spiro atoms. The summed E-state index contributed by atoms with van der Waals surface area (Å²) in [5.41, 5.74) is 10.3. The molecule has 0 bridgehead atoms. The number of carbonyl (C=O) groups excluding carboxylic acids is 1. The molecule has 2 rings (SSSR count). The minimum atomic E-state index is 0.0924. The summed E-state index contributed by atoms with van der Waals surface area (Å²) in [5.74, 6) is 0.211. The molecule has 1 unspecified atom stereocenters. The molecule has 1 fully saturated rings. The molecular weight excluding hydrogens is 264 g/mol. The Morgan fingerprint density at radius 1 is 1.58 bits per heavy atom. The van der Waals surface area contributed by atoms with Crippen LogP contribution in [0.1, 0.15) is 17.5 Å². The maximum absolute atomic E-state index is 11.9. The van der Waals surface area contributed by atoms with Crippen LogP contribution in [0.4, 0.5) is 0 Å². The Bertz CT molecular complexity index is 539. The number of hydrogen-bond acceptors (Lipinski definition) is 2. The zero-order chi connectivity index (χ0) is 13.8. The fraction of sp³-hybridized carbons (Fsp3) is 0.462. The van der Waals surface area contributed by atoms with Gasteiger partial charge in [0.2, 0.25) is 5.91 Å². The Labute approximate surface area is 116 Å². The molecule has 1 aliphatic rings. The van der Waals surface area contributed by atoms with Gasteiger partial charge in [0.05, 0.1) is 0 Å². The molecule has 1 aromatic carbocycles. The zero-order valence-electron chi connectivity index (χ0n) is 10.7. The summed E-state index contributed by atoms with van der Waals surface area (Å²) in [7, 11) is 0. The van der Waals surface area contributed by atoms with Crippen molar-refractivity contribution in [2.75, 3.05) is 13.1 Å². The summed E-state index contributed by atoms with van der Waals surface area (Å²) in [6.07, 6.45) is 0.447. The van der Waals surface area contributed by atoms with E-state index in [1.54, 1.807) is 4.90 Å². The molecule has 19 heavy (non-hydrogen) atoms. The highest BCUT2D eigenvalue weighted by atomic mass is 35.5. The smallest absolute Gasteiger partial charge is 0.223 e. The first-order valence-electron chi connectivity index (χ1n) is 6.14. The van der Waals surface area contributed by atoms with Crippen LogP contribution in [0.15, 0.2) is 23.3 Å². The molecule has 1 heterocycles. The van der Waals surface area contributed by atoms with E-state index in [0.29, 0.717) is 31.1 Å². The van der Waals surface area contributed by atoms with Gasteiger partial charge in [-0.05, 0) is 35.6 Å². The van der Waals surface area contributed by atoms with Crippen molar-refractivity contribution in [3.05, 3.63) is 44.8 Å². The molecule has 1 amide bonds. The van der Waals surface area contributed by atoms with Crippen LogP contribution in [-0.2, 0) is 11.3 Å². The highest BCUT2D eigenvalue weighted by Crippen LogP contribution is 2.24. The molecule has 1 saturated heterocycles. The van der Waals surface area contributed by atoms with Gasteiger partial charge in [0, 0.05) is 36.0 Å². The maximum atomic E-state index is 11.9. The SMILES string of the molecule is Cc1ccc(CN2CC(CN=[N+]=[N-])CC2=O)c(Cl)c1. The lowest BCUT2D eigenvalue weighted by Gasteiger charge is -2.17. The average molecular weight is 279 g/mol. The molecule has 0 saturated carbocycles. The van der Waals surface area contributed by atoms with Crippen LogP contribution in [0.25, 0.3) is 10.4 Å². The molecule has 1 atom stereocenters. The summed E-state index contributed by atoms with van der Waals surface area (Å²) in [5, 5.41) is 4.22. The van der Waals surface area contributed by atoms with E-state index in [9.17, 15) is 4.79 Å². The highest BCUT2D eigenvalue weighted by molar-refractivity contribution is 6.31. The molecular formula is C13H15ClN4O. The lowest BCUT2D eigenvalue weighted by atomic mass is 10.1. The normalized spacial score (nSPS) is 18.5. The summed E-state index contributed by atoms with van der Waals surface area (Å²) in [6, 6.07) is 5.83. The van der Waals surface area contributed by atoms with Crippen LogP contribution in [-0.4, -0.2) is 23.9 Å². The van der Waals surface area contributed by atoms with Gasteiger partial charge in [0.25, 0.3) is 0 Å². The Kier molecular flexibility index (Phi) is 4.30. The minimum absolute atomic E-state index is 0.0924. The van der Waals surface area contributed by atoms with Crippen molar-refractivity contribution < 1.29 is 4.79 Å². The summed E-state index contributed by atoms with van der Waals surface area (Å²) in [6.45, 7) is 3.50. The van der Waals surface area contributed by atoms with Crippen LogP contribution in [0.2, 0.25) is 5.02 Å². The van der Waals surface area contributed by atoms with Crippen LogP contribution < -0.4 is 0 Å². The van der Waals surface area contributed by atoms with Crippen LogP contribution >= 0.6 is 11.6 Å². The third kappa shape index (κ3) is 3.40. The van der Waals surface area contributed by atoms with E-state index in [0.717, 1.165) is 11.1 Å². The highest BCUT2D eigenvalue weighted by Gasteiger charge is 2.29. The van der Waals surface area contributed by atoms with Gasteiger partial charge in [-0.3, -0.25) is 4.79 Å². The van der Waals surface area contributed by atoms with E-state index in [1.165, 1.54) is 0 Å². The lowest BCUT2D eigenvalue weighted by Crippen LogP contribution is -2.25. The predicted molar refractivity (Wildman–Crippen MR) is 73.7 cm³/mol. The maximum Gasteiger partial charge on any atom is 0.223 e. The molecule has 0 aromatic heterocycles. The van der Waals surface area contributed by atoms with Gasteiger partial charge in [-0.15, -0.1) is 0 Å². The topological polar surface area (TPSA) is 69.1 Å². The van der Waals surface area contributed by atoms with Gasteiger partial charge >= 0.3 is 0 Å². The number of carbonyl (C=O) groups is 1. The summed E-state index contributed by atoms with van der Waals surface area (Å²) in [4.78, 5) is 16.4. The third-order valence-corrected chi connectivity index (χ3v) is 3.62. The van der Waals surface area contributed by atoms with Gasteiger partial charge in [0.1, 0.15) is 0 Å². The molecule has 0 N–H and O–H groups in total. The van der Waals surface area contributed by atoms with E-state index >= 15 is 0 Å². The lowest BCUT2D eigenvalue weighted by molar-refractivity contribution is -0.128. The van der Waals surface area contributed by atoms with Crippen LogP contribution in [0, 0.1) is 12.8 Å². The number of hydrogen-bond donors (Lipinski definition) is 0. The number of amides is 1. The van der Waals surface area contributed by atoms with E-state index < -0.39 is 0 Å². The first-order chi connectivity index (χ1) is 9.10. The van der Waals surface area contributed by atoms with E-state index in [-0.39, 0.29) is 11.8 Å².